The number of piperazine rings is 1. The van der Waals surface area contributed by atoms with Crippen LogP contribution in [0.1, 0.15) is 5.56 Å². The predicted octanol–water partition coefficient (Wildman–Crippen LogP) is 2.40. The molecule has 2 aromatic heterocycles. The van der Waals surface area contributed by atoms with E-state index in [1.54, 1.807) is 12.1 Å². The first-order valence-electron chi connectivity index (χ1n) is 11.0. The Morgan fingerprint density at radius 1 is 1.03 bits per heavy atom. The van der Waals surface area contributed by atoms with E-state index in [1.165, 1.54) is 22.9 Å². The molecular formula is C24H24FN6O2P. The Hall–Kier alpha value is -3.42. The van der Waals surface area contributed by atoms with Crippen LogP contribution in [0.3, 0.4) is 0 Å². The molecule has 1 aliphatic heterocycles. The van der Waals surface area contributed by atoms with E-state index >= 15 is 0 Å². The van der Waals surface area contributed by atoms with Gasteiger partial charge in [0.2, 0.25) is 5.82 Å². The third-order valence-electron chi connectivity index (χ3n) is 5.79. The van der Waals surface area contributed by atoms with Crippen LogP contribution >= 0.6 is 9.24 Å². The first-order valence-corrected chi connectivity index (χ1v) is 11.5. The van der Waals surface area contributed by atoms with Crippen LogP contribution in [-0.4, -0.2) is 58.0 Å². The monoisotopic (exact) mass is 478 g/mol. The fraction of sp³-hybridized carbons (Fsp3) is 0.250. The lowest BCUT2D eigenvalue weighted by Crippen LogP contribution is -2.44. The largest absolute Gasteiger partial charge is 0.324 e. The summed E-state index contributed by atoms with van der Waals surface area (Å²) in [4.78, 5) is 21.4. The van der Waals surface area contributed by atoms with Gasteiger partial charge in [0.15, 0.2) is 0 Å². The third-order valence-corrected chi connectivity index (χ3v) is 6.12. The first-order chi connectivity index (χ1) is 16.4. The van der Waals surface area contributed by atoms with E-state index in [-0.39, 0.29) is 17.9 Å². The van der Waals surface area contributed by atoms with E-state index in [1.807, 2.05) is 24.3 Å². The van der Waals surface area contributed by atoms with E-state index < -0.39 is 0 Å². The normalized spacial score (nSPS) is 14.5. The van der Waals surface area contributed by atoms with Crippen molar-refractivity contribution < 1.29 is 8.91 Å². The number of nitrogens with zero attached hydrogens (tertiary/aromatic N) is 6. The van der Waals surface area contributed by atoms with E-state index in [2.05, 4.69) is 41.3 Å². The van der Waals surface area contributed by atoms with E-state index in [4.69, 9.17) is 4.52 Å². The van der Waals surface area contributed by atoms with Crippen molar-refractivity contribution in [1.29, 1.82) is 0 Å². The summed E-state index contributed by atoms with van der Waals surface area (Å²) in [6.45, 7) is 3.83. The second-order valence-electron chi connectivity index (χ2n) is 8.38. The van der Waals surface area contributed by atoms with Crippen molar-refractivity contribution in [1.82, 2.24) is 24.8 Å². The summed E-state index contributed by atoms with van der Waals surface area (Å²) in [6, 6.07) is 15.8. The Balaban J connectivity index is 1.38. The molecule has 1 unspecified atom stereocenters. The number of aromatic nitrogens is 4. The van der Waals surface area contributed by atoms with Gasteiger partial charge >= 0.3 is 6.01 Å². The zero-order valence-electron chi connectivity index (χ0n) is 18.7. The summed E-state index contributed by atoms with van der Waals surface area (Å²) < 4.78 is 20.7. The number of hydrogen-bond donors (Lipinski definition) is 0. The zero-order chi connectivity index (χ0) is 23.7. The molecule has 0 saturated carbocycles. The number of anilines is 1. The zero-order valence-corrected chi connectivity index (χ0v) is 19.8. The number of rotatable bonds is 5. The molecule has 3 heterocycles. The molecule has 1 saturated heterocycles. The van der Waals surface area contributed by atoms with Crippen molar-refractivity contribution in [2.45, 2.75) is 6.54 Å². The molecule has 0 bridgehead atoms. The van der Waals surface area contributed by atoms with Crippen molar-refractivity contribution in [3.05, 3.63) is 76.3 Å². The minimum atomic E-state index is -0.356. The lowest BCUT2D eigenvalue weighted by Gasteiger charge is -2.30. The maximum absolute atomic E-state index is 13.8. The smallest absolute Gasteiger partial charge is 0.322 e. The van der Waals surface area contributed by atoms with Crippen LogP contribution in [0.2, 0.25) is 0 Å². The molecule has 5 rings (SSSR count). The molecule has 1 atom stereocenters. The molecule has 4 aromatic rings. The molecule has 174 valence electrons. The molecule has 10 heteroatoms. The van der Waals surface area contributed by atoms with E-state index in [9.17, 15) is 9.18 Å². The van der Waals surface area contributed by atoms with E-state index in [0.717, 1.165) is 37.3 Å². The van der Waals surface area contributed by atoms with Gasteiger partial charge in [0, 0.05) is 43.4 Å². The molecule has 34 heavy (non-hydrogen) atoms. The van der Waals surface area contributed by atoms with Gasteiger partial charge < -0.3 is 14.3 Å². The fourth-order valence-corrected chi connectivity index (χ4v) is 4.26. The number of benzene rings is 2. The molecule has 0 N–H and O–H groups in total. The summed E-state index contributed by atoms with van der Waals surface area (Å²) in [5.74, 6) is 0.142. The van der Waals surface area contributed by atoms with Crippen LogP contribution in [0.5, 0.6) is 0 Å². The molecule has 8 nitrogen and oxygen atoms in total. The topological polar surface area (TPSA) is 80.3 Å². The second kappa shape index (κ2) is 9.44. The van der Waals surface area contributed by atoms with Crippen molar-refractivity contribution in [2.75, 3.05) is 38.1 Å². The van der Waals surface area contributed by atoms with Crippen LogP contribution in [-0.2, 0) is 6.54 Å². The molecular weight excluding hydrogens is 454 g/mol. The van der Waals surface area contributed by atoms with Crippen molar-refractivity contribution in [3.8, 4) is 22.6 Å². The Kier molecular flexibility index (Phi) is 6.22. The molecule has 0 aliphatic carbocycles. The Morgan fingerprint density at radius 2 is 1.85 bits per heavy atom. The Labute approximate surface area is 198 Å². The maximum Gasteiger partial charge on any atom is 0.324 e. The molecule has 1 fully saturated rings. The van der Waals surface area contributed by atoms with Gasteiger partial charge in [0.25, 0.3) is 5.56 Å². The quantitative estimate of drug-likeness (QED) is 0.408. The SMILES string of the molecule is CN1CCN(c2nc(-c3cccc(Cn4nc(-c5cc(F)cc(P)c5)ccc4=O)c3)no2)CC1. The predicted molar refractivity (Wildman–Crippen MR) is 132 cm³/mol. The molecule has 0 amide bonds. The average molecular weight is 478 g/mol. The summed E-state index contributed by atoms with van der Waals surface area (Å²) in [5, 5.41) is 9.32. The van der Waals surface area contributed by atoms with Crippen molar-refractivity contribution in [3.63, 3.8) is 0 Å². The van der Waals surface area contributed by atoms with Gasteiger partial charge in [-0.05, 0) is 48.2 Å². The van der Waals surface area contributed by atoms with Gasteiger partial charge in [0.1, 0.15) is 5.82 Å². The third kappa shape index (κ3) is 4.90. The summed E-state index contributed by atoms with van der Waals surface area (Å²) >= 11 is 0. The highest BCUT2D eigenvalue weighted by Crippen LogP contribution is 2.22. The van der Waals surface area contributed by atoms with Gasteiger partial charge in [0.05, 0.1) is 12.2 Å². The van der Waals surface area contributed by atoms with Gasteiger partial charge in [-0.2, -0.15) is 10.1 Å². The maximum atomic E-state index is 13.8. The highest BCUT2D eigenvalue weighted by molar-refractivity contribution is 7.27. The van der Waals surface area contributed by atoms with Crippen LogP contribution < -0.4 is 15.8 Å². The molecule has 1 aliphatic rings. The van der Waals surface area contributed by atoms with E-state index in [0.29, 0.717) is 28.4 Å². The molecule has 0 radical (unpaired) electrons. The fourth-order valence-electron chi connectivity index (χ4n) is 3.92. The minimum absolute atomic E-state index is 0.242. The number of likely N-dealkylation sites (N-methyl/N-ethyl adjacent to an activating group) is 1. The van der Waals surface area contributed by atoms with Gasteiger partial charge in [-0.25, -0.2) is 9.07 Å². The van der Waals surface area contributed by atoms with Crippen LogP contribution in [0.15, 0.2) is 63.9 Å². The Bertz CT molecular complexity index is 1360. The lowest BCUT2D eigenvalue weighted by molar-refractivity contribution is 0.298. The first kappa shape index (κ1) is 22.4. The van der Waals surface area contributed by atoms with Crippen LogP contribution in [0.4, 0.5) is 10.4 Å². The van der Waals surface area contributed by atoms with Crippen LogP contribution in [0.25, 0.3) is 22.6 Å². The van der Waals surface area contributed by atoms with Crippen LogP contribution in [0, 0.1) is 5.82 Å². The highest BCUT2D eigenvalue weighted by atomic mass is 31.0. The van der Waals surface area contributed by atoms with Gasteiger partial charge in [-0.3, -0.25) is 4.79 Å². The molecule has 2 aromatic carbocycles. The standard InChI is InChI=1S/C24H24FN6O2P/c1-29-7-9-30(10-8-29)24-26-23(28-33-24)17-4-2-3-16(11-17)15-31-22(32)6-5-21(27-31)18-12-19(25)14-20(34)13-18/h2-6,11-14H,7-10,15,34H2,1H3. The number of hydrogen-bond acceptors (Lipinski definition) is 7. The summed E-state index contributed by atoms with van der Waals surface area (Å²) in [5.41, 5.74) is 2.54. The molecule has 0 spiro atoms. The van der Waals surface area contributed by atoms with Crippen molar-refractivity contribution in [2.24, 2.45) is 0 Å². The summed E-state index contributed by atoms with van der Waals surface area (Å²) in [7, 11) is 4.57. The lowest BCUT2D eigenvalue weighted by atomic mass is 10.1. The second-order valence-corrected chi connectivity index (χ2v) is 9.05. The van der Waals surface area contributed by atoms with Gasteiger partial charge in [-0.1, -0.05) is 23.4 Å². The van der Waals surface area contributed by atoms with Crippen molar-refractivity contribution >= 4 is 20.6 Å². The highest BCUT2D eigenvalue weighted by Gasteiger charge is 2.20. The number of halogens is 1. The summed E-state index contributed by atoms with van der Waals surface area (Å²) in [6.07, 6.45) is 0. The Morgan fingerprint density at radius 3 is 2.65 bits per heavy atom. The minimum Gasteiger partial charge on any atom is -0.322 e. The van der Waals surface area contributed by atoms with Gasteiger partial charge in [-0.15, -0.1) is 9.24 Å². The average Bonchev–Trinajstić information content (AvgIpc) is 3.31.